The maximum atomic E-state index is 9.04. The molecule has 1 fully saturated rings. The molecule has 1 saturated heterocycles. The van der Waals surface area contributed by atoms with E-state index in [0.717, 1.165) is 25.6 Å². The number of hydrogen-bond donors (Lipinski definition) is 1. The topological polar surface area (TPSA) is 39.1 Å². The molecule has 14 heavy (non-hydrogen) atoms. The van der Waals surface area contributed by atoms with Gasteiger partial charge in [0.25, 0.3) is 0 Å². The highest BCUT2D eigenvalue weighted by atomic mass is 15.2. The summed E-state index contributed by atoms with van der Waals surface area (Å²) in [5, 5.41) is 12.1. The Morgan fingerprint density at radius 3 is 2.86 bits per heavy atom. The molecular weight excluding hydrogens is 174 g/mol. The molecule has 80 valence electrons. The summed E-state index contributed by atoms with van der Waals surface area (Å²) < 4.78 is 0. The Balaban J connectivity index is 2.47. The van der Waals surface area contributed by atoms with E-state index < -0.39 is 5.54 Å². The van der Waals surface area contributed by atoms with Gasteiger partial charge >= 0.3 is 0 Å². The third kappa shape index (κ3) is 2.97. The van der Waals surface area contributed by atoms with Crippen LogP contribution in [0.25, 0.3) is 0 Å². The second-order valence-electron chi connectivity index (χ2n) is 4.68. The van der Waals surface area contributed by atoms with E-state index in [0.29, 0.717) is 0 Å². The number of rotatable bonds is 3. The second kappa shape index (κ2) is 4.77. The van der Waals surface area contributed by atoms with Crippen molar-refractivity contribution in [3.8, 4) is 6.07 Å². The maximum absolute atomic E-state index is 9.04. The van der Waals surface area contributed by atoms with Crippen LogP contribution in [0.3, 0.4) is 0 Å². The minimum Gasteiger partial charge on any atom is -0.302 e. The van der Waals surface area contributed by atoms with Gasteiger partial charge in [0, 0.05) is 13.1 Å². The van der Waals surface area contributed by atoms with Crippen molar-refractivity contribution < 1.29 is 0 Å². The number of nitrogens with one attached hydrogen (secondary N) is 1. The standard InChI is InChI=1S/C11H21N3/c1-10-5-4-6-14(7-10)9-11(2,8-12)13-3/h10,13H,4-7,9H2,1-3H3. The molecule has 1 aliphatic rings. The summed E-state index contributed by atoms with van der Waals surface area (Å²) in [7, 11) is 1.86. The van der Waals surface area contributed by atoms with Crippen LogP contribution >= 0.6 is 0 Å². The molecule has 3 heteroatoms. The van der Waals surface area contributed by atoms with Crippen LogP contribution in [0, 0.1) is 17.2 Å². The van der Waals surface area contributed by atoms with Gasteiger partial charge in [-0.3, -0.25) is 0 Å². The maximum Gasteiger partial charge on any atom is 0.116 e. The van der Waals surface area contributed by atoms with Gasteiger partial charge in [-0.25, -0.2) is 0 Å². The highest BCUT2D eigenvalue weighted by Gasteiger charge is 2.27. The van der Waals surface area contributed by atoms with E-state index in [1.165, 1.54) is 12.8 Å². The molecular formula is C11H21N3. The van der Waals surface area contributed by atoms with Crippen molar-refractivity contribution in [1.29, 1.82) is 5.26 Å². The molecule has 0 aromatic heterocycles. The number of piperidine rings is 1. The zero-order chi connectivity index (χ0) is 10.6. The molecule has 0 radical (unpaired) electrons. The average molecular weight is 195 g/mol. The highest BCUT2D eigenvalue weighted by molar-refractivity contribution is 5.05. The molecule has 0 aromatic carbocycles. The molecule has 1 aliphatic heterocycles. The summed E-state index contributed by atoms with van der Waals surface area (Å²) >= 11 is 0. The van der Waals surface area contributed by atoms with Crippen LogP contribution < -0.4 is 5.32 Å². The average Bonchev–Trinajstić information content (AvgIpc) is 2.18. The molecule has 0 aliphatic carbocycles. The van der Waals surface area contributed by atoms with Gasteiger partial charge in [-0.2, -0.15) is 5.26 Å². The van der Waals surface area contributed by atoms with Crippen molar-refractivity contribution in [2.24, 2.45) is 5.92 Å². The van der Waals surface area contributed by atoms with E-state index in [-0.39, 0.29) is 0 Å². The van der Waals surface area contributed by atoms with Crippen LogP contribution in [-0.2, 0) is 0 Å². The van der Waals surface area contributed by atoms with Gasteiger partial charge in [0.05, 0.1) is 6.07 Å². The first-order chi connectivity index (χ1) is 6.59. The first kappa shape index (κ1) is 11.5. The molecule has 0 spiro atoms. The molecule has 2 atom stereocenters. The summed E-state index contributed by atoms with van der Waals surface area (Å²) in [6, 6.07) is 2.34. The van der Waals surface area contributed by atoms with Crippen molar-refractivity contribution in [2.75, 3.05) is 26.7 Å². The summed E-state index contributed by atoms with van der Waals surface area (Å²) in [5.74, 6) is 0.781. The molecule has 0 aromatic rings. The van der Waals surface area contributed by atoms with Crippen molar-refractivity contribution in [1.82, 2.24) is 10.2 Å². The van der Waals surface area contributed by atoms with E-state index in [1.54, 1.807) is 0 Å². The van der Waals surface area contributed by atoms with Crippen molar-refractivity contribution in [3.63, 3.8) is 0 Å². The van der Waals surface area contributed by atoms with E-state index in [2.05, 4.69) is 23.2 Å². The lowest BCUT2D eigenvalue weighted by atomic mass is 9.97. The van der Waals surface area contributed by atoms with Gasteiger partial charge in [-0.15, -0.1) is 0 Å². The Kier molecular flexibility index (Phi) is 3.91. The SMILES string of the molecule is CNC(C)(C#N)CN1CCCC(C)C1. The van der Waals surface area contributed by atoms with Crippen LogP contribution in [0.4, 0.5) is 0 Å². The van der Waals surface area contributed by atoms with E-state index in [1.807, 2.05) is 14.0 Å². The van der Waals surface area contributed by atoms with Gasteiger partial charge in [-0.05, 0) is 39.3 Å². The van der Waals surface area contributed by atoms with E-state index in [9.17, 15) is 0 Å². The fourth-order valence-corrected chi connectivity index (χ4v) is 2.05. The number of likely N-dealkylation sites (tertiary alicyclic amines) is 1. The third-order valence-corrected chi connectivity index (χ3v) is 3.08. The predicted molar refractivity (Wildman–Crippen MR) is 57.9 cm³/mol. The van der Waals surface area contributed by atoms with Crippen LogP contribution in [0.15, 0.2) is 0 Å². The second-order valence-corrected chi connectivity index (χ2v) is 4.68. The van der Waals surface area contributed by atoms with Gasteiger partial charge in [0.2, 0.25) is 0 Å². The zero-order valence-corrected chi connectivity index (χ0v) is 9.51. The number of nitrogens with zero attached hydrogens (tertiary/aromatic N) is 2. The van der Waals surface area contributed by atoms with Gasteiger partial charge < -0.3 is 10.2 Å². The van der Waals surface area contributed by atoms with Crippen molar-refractivity contribution in [2.45, 2.75) is 32.2 Å². The molecule has 2 unspecified atom stereocenters. The highest BCUT2D eigenvalue weighted by Crippen LogP contribution is 2.17. The lowest BCUT2D eigenvalue weighted by Crippen LogP contribution is -2.51. The van der Waals surface area contributed by atoms with Gasteiger partial charge in [0.1, 0.15) is 5.54 Å². The lowest BCUT2D eigenvalue weighted by Gasteiger charge is -2.35. The van der Waals surface area contributed by atoms with Crippen LogP contribution in [-0.4, -0.2) is 37.1 Å². The largest absolute Gasteiger partial charge is 0.302 e. The first-order valence-electron chi connectivity index (χ1n) is 5.42. The molecule has 0 saturated carbocycles. The van der Waals surface area contributed by atoms with Crippen LogP contribution in [0.1, 0.15) is 26.7 Å². The molecule has 1 rings (SSSR count). The monoisotopic (exact) mass is 195 g/mol. The minimum atomic E-state index is -0.392. The quantitative estimate of drug-likeness (QED) is 0.736. The normalized spacial score (nSPS) is 28.0. The van der Waals surface area contributed by atoms with E-state index >= 15 is 0 Å². The summed E-state index contributed by atoms with van der Waals surface area (Å²) in [5.41, 5.74) is -0.392. The van der Waals surface area contributed by atoms with Gasteiger partial charge in [-0.1, -0.05) is 6.92 Å². The van der Waals surface area contributed by atoms with E-state index in [4.69, 9.17) is 5.26 Å². The predicted octanol–water partition coefficient (Wildman–Crippen LogP) is 1.22. The minimum absolute atomic E-state index is 0.392. The summed E-state index contributed by atoms with van der Waals surface area (Å²) in [6.45, 7) is 7.37. The Hall–Kier alpha value is -0.590. The summed E-state index contributed by atoms with van der Waals surface area (Å²) in [6.07, 6.45) is 2.60. The molecule has 3 nitrogen and oxygen atoms in total. The Labute approximate surface area is 87.1 Å². The van der Waals surface area contributed by atoms with Crippen LogP contribution in [0.2, 0.25) is 0 Å². The smallest absolute Gasteiger partial charge is 0.116 e. The fraction of sp³-hybridized carbons (Fsp3) is 0.909. The Morgan fingerprint density at radius 1 is 1.64 bits per heavy atom. The molecule has 1 heterocycles. The first-order valence-corrected chi connectivity index (χ1v) is 5.42. The molecule has 0 amide bonds. The number of hydrogen-bond acceptors (Lipinski definition) is 3. The molecule has 0 bridgehead atoms. The van der Waals surface area contributed by atoms with Crippen LogP contribution in [0.5, 0.6) is 0 Å². The lowest BCUT2D eigenvalue weighted by molar-refractivity contribution is 0.156. The van der Waals surface area contributed by atoms with Gasteiger partial charge in [0.15, 0.2) is 0 Å². The number of likely N-dealkylation sites (N-methyl/N-ethyl adjacent to an activating group) is 1. The summed E-state index contributed by atoms with van der Waals surface area (Å²) in [4.78, 5) is 2.40. The Bertz CT molecular complexity index is 221. The van der Waals surface area contributed by atoms with Crippen molar-refractivity contribution >= 4 is 0 Å². The zero-order valence-electron chi connectivity index (χ0n) is 9.51. The molecule has 1 N–H and O–H groups in total. The Morgan fingerprint density at radius 2 is 2.36 bits per heavy atom. The fourth-order valence-electron chi connectivity index (χ4n) is 2.05. The van der Waals surface area contributed by atoms with Crippen molar-refractivity contribution in [3.05, 3.63) is 0 Å². The third-order valence-electron chi connectivity index (χ3n) is 3.08. The number of nitriles is 1.